The van der Waals surface area contributed by atoms with E-state index in [9.17, 15) is 26.3 Å². The van der Waals surface area contributed by atoms with E-state index < -0.39 is 29.5 Å². The van der Waals surface area contributed by atoms with Crippen LogP contribution in [0.2, 0.25) is 0 Å². The molecule has 1 heterocycles. The smallest absolute Gasteiger partial charge is 0.314 e. The summed E-state index contributed by atoms with van der Waals surface area (Å²) in [6.07, 6.45) is -9.38. The molecule has 1 N–H and O–H groups in total. The average Bonchev–Trinajstić information content (AvgIpc) is 2.51. The summed E-state index contributed by atoms with van der Waals surface area (Å²) < 4.78 is 78.6. The number of hydrogen-bond acceptors (Lipinski definition) is 2. The first-order chi connectivity index (χ1) is 11.5. The maximum atomic E-state index is 13.1. The number of piperazine rings is 1. The highest BCUT2D eigenvalue weighted by Gasteiger charge is 2.38. The van der Waals surface area contributed by atoms with Gasteiger partial charge in [-0.1, -0.05) is 5.57 Å². The fourth-order valence-corrected chi connectivity index (χ4v) is 2.95. The molecule has 1 aliphatic heterocycles. The first-order valence-electron chi connectivity index (χ1n) is 7.87. The Morgan fingerprint density at radius 1 is 1.00 bits per heavy atom. The van der Waals surface area contributed by atoms with E-state index in [0.29, 0.717) is 38.2 Å². The van der Waals surface area contributed by atoms with E-state index in [1.165, 1.54) is 0 Å². The van der Waals surface area contributed by atoms with Crippen molar-refractivity contribution in [2.45, 2.75) is 31.7 Å². The van der Waals surface area contributed by atoms with E-state index in [1.807, 2.05) is 4.90 Å². The Balaban J connectivity index is 0.00000338. The van der Waals surface area contributed by atoms with Crippen LogP contribution in [0.5, 0.6) is 0 Å². The van der Waals surface area contributed by atoms with Gasteiger partial charge in [0.15, 0.2) is 0 Å². The first-order valence-corrected chi connectivity index (χ1v) is 7.87. The van der Waals surface area contributed by atoms with E-state index >= 15 is 0 Å². The first kappa shape index (κ1) is 26.0. The predicted octanol–water partition coefficient (Wildman–Crippen LogP) is 5.48. The van der Waals surface area contributed by atoms with Crippen LogP contribution in [0.4, 0.5) is 26.3 Å². The van der Waals surface area contributed by atoms with Crippen LogP contribution in [0, 0.1) is 0 Å². The molecule has 2 nitrogen and oxygen atoms in total. The second kappa shape index (κ2) is 10.0. The van der Waals surface area contributed by atoms with Gasteiger partial charge in [0.2, 0.25) is 0 Å². The van der Waals surface area contributed by atoms with Crippen molar-refractivity contribution in [1.29, 1.82) is 0 Å². The van der Waals surface area contributed by atoms with Crippen molar-refractivity contribution in [3.63, 3.8) is 0 Å². The van der Waals surface area contributed by atoms with E-state index in [1.54, 1.807) is 6.92 Å². The molecule has 1 aromatic carbocycles. The molecule has 0 spiro atoms. The lowest BCUT2D eigenvalue weighted by molar-refractivity contribution is -0.143. The summed E-state index contributed by atoms with van der Waals surface area (Å²) >= 11 is 0. The molecule has 1 aromatic rings. The van der Waals surface area contributed by atoms with Crippen LogP contribution in [0.1, 0.15) is 36.1 Å². The highest BCUT2D eigenvalue weighted by molar-refractivity contribution is 5.85. The molecule has 1 fully saturated rings. The van der Waals surface area contributed by atoms with Gasteiger partial charge in [0, 0.05) is 32.2 Å². The molecule has 10 heteroatoms. The fourth-order valence-electron chi connectivity index (χ4n) is 2.95. The van der Waals surface area contributed by atoms with Crippen LogP contribution < -0.4 is 5.32 Å². The highest BCUT2D eigenvalue weighted by Crippen LogP contribution is 2.39. The number of hydrogen-bond donors (Lipinski definition) is 1. The largest absolute Gasteiger partial charge is 0.416 e. The van der Waals surface area contributed by atoms with Gasteiger partial charge in [0.1, 0.15) is 0 Å². The Labute approximate surface area is 166 Å². The molecule has 156 valence electrons. The van der Waals surface area contributed by atoms with Crippen molar-refractivity contribution in [3.8, 4) is 0 Å². The molecule has 0 saturated carbocycles. The van der Waals surface area contributed by atoms with E-state index in [4.69, 9.17) is 0 Å². The fraction of sp³-hybridized carbons (Fsp3) is 0.529. The third-order valence-electron chi connectivity index (χ3n) is 4.13. The number of halogens is 8. The molecule has 1 aliphatic rings. The third kappa shape index (κ3) is 7.18. The van der Waals surface area contributed by atoms with Gasteiger partial charge in [-0.25, -0.2) is 0 Å². The lowest BCUT2D eigenvalue weighted by atomic mass is 9.94. The topological polar surface area (TPSA) is 15.3 Å². The number of alkyl halides is 6. The zero-order valence-electron chi connectivity index (χ0n) is 14.6. The Hall–Kier alpha value is -0.960. The number of rotatable bonds is 4. The van der Waals surface area contributed by atoms with Gasteiger partial charge in [-0.15, -0.1) is 31.4 Å². The Morgan fingerprint density at radius 2 is 1.44 bits per heavy atom. The second-order valence-electron chi connectivity index (χ2n) is 6.30. The van der Waals surface area contributed by atoms with E-state index in [0.717, 1.165) is 12.1 Å². The molecule has 0 aliphatic carbocycles. The summed E-state index contributed by atoms with van der Waals surface area (Å²) in [5, 5.41) is 3.12. The molecule has 1 atom stereocenters. The Kier molecular flexibility index (Phi) is 9.64. The minimum Gasteiger partial charge on any atom is -0.314 e. The van der Waals surface area contributed by atoms with Gasteiger partial charge in [-0.3, -0.25) is 4.90 Å². The van der Waals surface area contributed by atoms with Crippen LogP contribution in [0.15, 0.2) is 30.4 Å². The third-order valence-corrected chi connectivity index (χ3v) is 4.13. The van der Waals surface area contributed by atoms with Crippen molar-refractivity contribution in [2.75, 3.05) is 26.2 Å². The van der Waals surface area contributed by atoms with Gasteiger partial charge >= 0.3 is 12.4 Å². The van der Waals surface area contributed by atoms with Gasteiger partial charge in [-0.2, -0.15) is 26.3 Å². The molecular formula is C17H22Cl2F6N2. The maximum absolute atomic E-state index is 13.1. The van der Waals surface area contributed by atoms with E-state index in [-0.39, 0.29) is 36.4 Å². The van der Waals surface area contributed by atoms with Crippen LogP contribution in [-0.4, -0.2) is 31.1 Å². The quantitative estimate of drug-likeness (QED) is 0.494. The normalized spacial score (nSPS) is 16.9. The van der Waals surface area contributed by atoms with Crippen LogP contribution in [-0.2, 0) is 12.4 Å². The van der Waals surface area contributed by atoms with Crippen molar-refractivity contribution < 1.29 is 26.3 Å². The van der Waals surface area contributed by atoms with Crippen molar-refractivity contribution in [3.05, 3.63) is 47.0 Å². The highest BCUT2D eigenvalue weighted by atomic mass is 35.5. The van der Waals surface area contributed by atoms with Gasteiger partial charge in [0.25, 0.3) is 0 Å². The van der Waals surface area contributed by atoms with Gasteiger partial charge < -0.3 is 5.32 Å². The standard InChI is InChI=1S/C17H20F6N2.2ClH/c1-11(2)7-15(25-5-3-24-4-6-25)12-8-13(16(18,19)20)10-14(9-12)17(21,22)23;;/h8-10,15,24H,1,3-7H2,2H3;2*1H/t15-;;/m1../s1. The predicted molar refractivity (Wildman–Crippen MR) is 97.6 cm³/mol. The molecule has 0 amide bonds. The van der Waals surface area contributed by atoms with Gasteiger partial charge in [-0.05, 0) is 37.1 Å². The number of benzene rings is 1. The summed E-state index contributed by atoms with van der Waals surface area (Å²) in [6, 6.07) is 1.25. The summed E-state index contributed by atoms with van der Waals surface area (Å²) in [5.74, 6) is 0. The number of nitrogens with one attached hydrogen (secondary N) is 1. The maximum Gasteiger partial charge on any atom is 0.416 e. The van der Waals surface area contributed by atoms with Crippen molar-refractivity contribution in [2.24, 2.45) is 0 Å². The molecule has 0 aromatic heterocycles. The zero-order chi connectivity index (χ0) is 18.8. The minimum atomic E-state index is -4.84. The van der Waals surface area contributed by atoms with Crippen LogP contribution >= 0.6 is 24.8 Å². The summed E-state index contributed by atoms with van der Waals surface area (Å²) in [4.78, 5) is 1.90. The molecular weight excluding hydrogens is 417 g/mol. The zero-order valence-corrected chi connectivity index (χ0v) is 16.2. The summed E-state index contributed by atoms with van der Waals surface area (Å²) in [6.45, 7) is 7.86. The van der Waals surface area contributed by atoms with E-state index in [2.05, 4.69) is 11.9 Å². The van der Waals surface area contributed by atoms with Crippen molar-refractivity contribution in [1.82, 2.24) is 10.2 Å². The lowest BCUT2D eigenvalue weighted by Crippen LogP contribution is -2.45. The minimum absolute atomic E-state index is 0. The van der Waals surface area contributed by atoms with Gasteiger partial charge in [0.05, 0.1) is 11.1 Å². The second-order valence-corrected chi connectivity index (χ2v) is 6.30. The summed E-state index contributed by atoms with van der Waals surface area (Å²) in [5.41, 5.74) is -1.83. The molecule has 0 bridgehead atoms. The van der Waals surface area contributed by atoms with Crippen LogP contribution in [0.3, 0.4) is 0 Å². The molecule has 2 rings (SSSR count). The van der Waals surface area contributed by atoms with Crippen LogP contribution in [0.25, 0.3) is 0 Å². The molecule has 0 radical (unpaired) electrons. The Morgan fingerprint density at radius 3 is 1.81 bits per heavy atom. The molecule has 0 unspecified atom stereocenters. The molecule has 27 heavy (non-hydrogen) atoms. The lowest BCUT2D eigenvalue weighted by Gasteiger charge is -2.36. The SMILES string of the molecule is C=C(C)C[C@H](c1cc(C(F)(F)F)cc(C(F)(F)F)c1)N1CCNCC1.Cl.Cl. The summed E-state index contributed by atoms with van der Waals surface area (Å²) in [7, 11) is 0. The van der Waals surface area contributed by atoms with Crippen molar-refractivity contribution >= 4 is 24.8 Å². The molecule has 1 saturated heterocycles. The Bertz CT molecular complexity index is 593. The average molecular weight is 439 g/mol. The number of nitrogens with zero attached hydrogens (tertiary/aromatic N) is 1. The monoisotopic (exact) mass is 438 g/mol.